The third-order valence-electron chi connectivity index (χ3n) is 3.18. The van der Waals surface area contributed by atoms with Crippen LogP contribution < -0.4 is 15.2 Å². The molecule has 5 nitrogen and oxygen atoms in total. The summed E-state index contributed by atoms with van der Waals surface area (Å²) in [5.74, 6) is -0.935. The van der Waals surface area contributed by atoms with Crippen LogP contribution >= 0.6 is 0 Å². The molecule has 0 saturated carbocycles. The van der Waals surface area contributed by atoms with Crippen LogP contribution in [0.1, 0.15) is 13.8 Å². The number of benzene rings is 1. The first-order valence-electron chi connectivity index (χ1n) is 5.32. The van der Waals surface area contributed by atoms with Crippen molar-refractivity contribution in [2.75, 3.05) is 20.0 Å². The average molecular weight is 239 g/mol. The Morgan fingerprint density at radius 2 is 1.53 bits per heavy atom. The smallest absolute Gasteiger partial charge is 0.273 e. The van der Waals surface area contributed by atoms with Gasteiger partial charge >= 0.3 is 0 Å². The van der Waals surface area contributed by atoms with Gasteiger partial charge in [-0.25, -0.2) is 0 Å². The highest BCUT2D eigenvalue weighted by molar-refractivity contribution is 5.53. The third-order valence-corrected chi connectivity index (χ3v) is 3.18. The molecule has 0 saturated heterocycles. The van der Waals surface area contributed by atoms with E-state index >= 15 is 0 Å². The summed E-state index contributed by atoms with van der Waals surface area (Å²) >= 11 is 0. The third kappa shape index (κ3) is 1.71. The molecule has 1 aromatic rings. The number of hydrogen-bond donors (Lipinski definition) is 1. The molecule has 2 atom stereocenters. The van der Waals surface area contributed by atoms with E-state index in [0.717, 1.165) is 0 Å². The van der Waals surface area contributed by atoms with Crippen molar-refractivity contribution in [3.63, 3.8) is 0 Å². The number of fused-ring (bicyclic) bond motifs is 1. The number of methoxy groups -OCH3 is 2. The Labute approximate surface area is 100 Å². The first-order chi connectivity index (χ1) is 7.94. The van der Waals surface area contributed by atoms with E-state index in [0.29, 0.717) is 17.2 Å². The molecule has 17 heavy (non-hydrogen) atoms. The molecule has 0 spiro atoms. The number of nitrogens with two attached hydrogens (primary N) is 1. The second kappa shape index (κ2) is 3.78. The Bertz CT molecular complexity index is 437. The van der Waals surface area contributed by atoms with Crippen molar-refractivity contribution in [1.29, 1.82) is 0 Å². The van der Waals surface area contributed by atoms with E-state index in [1.807, 2.05) is 0 Å². The van der Waals surface area contributed by atoms with Gasteiger partial charge in [-0.1, -0.05) is 0 Å². The van der Waals surface area contributed by atoms with Crippen molar-refractivity contribution in [3.8, 4) is 11.5 Å². The molecule has 2 N–H and O–H groups in total. The second-order valence-electron chi connectivity index (χ2n) is 4.21. The lowest BCUT2D eigenvalue weighted by Crippen LogP contribution is -2.62. The molecular weight excluding hydrogens is 222 g/mol. The van der Waals surface area contributed by atoms with Crippen molar-refractivity contribution >= 4 is 5.69 Å². The Morgan fingerprint density at radius 3 is 2.06 bits per heavy atom. The Morgan fingerprint density at radius 1 is 1.00 bits per heavy atom. The summed E-state index contributed by atoms with van der Waals surface area (Å²) in [6.07, 6.45) is 0. The minimum atomic E-state index is -1.04. The van der Waals surface area contributed by atoms with E-state index in [1.54, 1.807) is 39.2 Å². The van der Waals surface area contributed by atoms with Crippen molar-refractivity contribution in [1.82, 2.24) is 0 Å². The maximum Gasteiger partial charge on any atom is 0.273 e. The molecule has 1 aliphatic rings. The first kappa shape index (κ1) is 12.0. The van der Waals surface area contributed by atoms with Gasteiger partial charge < -0.3 is 24.7 Å². The van der Waals surface area contributed by atoms with Crippen molar-refractivity contribution < 1.29 is 18.9 Å². The molecule has 0 fully saturated rings. The Hall–Kier alpha value is -1.46. The van der Waals surface area contributed by atoms with Crippen LogP contribution in [0.3, 0.4) is 0 Å². The molecule has 0 radical (unpaired) electrons. The van der Waals surface area contributed by atoms with Crippen LogP contribution in [-0.2, 0) is 9.47 Å². The van der Waals surface area contributed by atoms with Gasteiger partial charge in [0.05, 0.1) is 0 Å². The molecule has 0 aromatic heterocycles. The van der Waals surface area contributed by atoms with Crippen LogP contribution in [0.4, 0.5) is 5.69 Å². The summed E-state index contributed by atoms with van der Waals surface area (Å²) in [5.41, 5.74) is 6.31. The minimum absolute atomic E-state index is 0.545. The van der Waals surface area contributed by atoms with Gasteiger partial charge in [-0.05, 0) is 12.1 Å². The number of ether oxygens (including phenoxy) is 4. The minimum Gasteiger partial charge on any atom is -0.452 e. The Balaban J connectivity index is 2.47. The molecule has 1 aliphatic heterocycles. The Kier molecular flexibility index (Phi) is 2.67. The normalized spacial score (nSPS) is 31.3. The summed E-state index contributed by atoms with van der Waals surface area (Å²) in [7, 11) is 3.08. The van der Waals surface area contributed by atoms with Gasteiger partial charge in [0.2, 0.25) is 0 Å². The number of rotatable bonds is 2. The number of anilines is 1. The fourth-order valence-corrected chi connectivity index (χ4v) is 1.75. The maximum absolute atomic E-state index is 5.80. The standard InChI is InChI=1S/C12H17NO4/c1-11(14-3)12(2,15-4)17-10-7-8(13)5-6-9(10)16-11/h5-7H,13H2,1-4H3/t11?,12-/m1/s1. The van der Waals surface area contributed by atoms with E-state index in [1.165, 1.54) is 7.11 Å². The predicted molar refractivity (Wildman–Crippen MR) is 62.9 cm³/mol. The van der Waals surface area contributed by atoms with E-state index < -0.39 is 11.6 Å². The largest absolute Gasteiger partial charge is 0.452 e. The van der Waals surface area contributed by atoms with Crippen LogP contribution in [0.25, 0.3) is 0 Å². The highest BCUT2D eigenvalue weighted by Crippen LogP contribution is 2.44. The highest BCUT2D eigenvalue weighted by Gasteiger charge is 2.54. The molecule has 0 amide bonds. The molecule has 2 rings (SSSR count). The SMILES string of the molecule is COC1(C)Oc2ccc(N)cc2O[C@@]1(C)OC. The lowest BCUT2D eigenvalue weighted by molar-refractivity contribution is -0.345. The highest BCUT2D eigenvalue weighted by atomic mass is 16.8. The number of nitrogen functional groups attached to an aromatic ring is 1. The summed E-state index contributed by atoms with van der Waals surface area (Å²) in [4.78, 5) is 0. The van der Waals surface area contributed by atoms with E-state index in [4.69, 9.17) is 24.7 Å². The molecule has 0 bridgehead atoms. The molecular formula is C12H17NO4. The van der Waals surface area contributed by atoms with Crippen LogP contribution in [0.15, 0.2) is 18.2 Å². The van der Waals surface area contributed by atoms with Gasteiger partial charge in [-0.2, -0.15) is 0 Å². The molecule has 1 heterocycles. The van der Waals surface area contributed by atoms with Crippen LogP contribution in [0, 0.1) is 0 Å². The van der Waals surface area contributed by atoms with E-state index in [9.17, 15) is 0 Å². The zero-order valence-corrected chi connectivity index (χ0v) is 10.4. The van der Waals surface area contributed by atoms with Crippen molar-refractivity contribution in [2.45, 2.75) is 25.4 Å². The van der Waals surface area contributed by atoms with Crippen LogP contribution in [-0.4, -0.2) is 25.8 Å². The summed E-state index contributed by atoms with van der Waals surface area (Å²) in [5, 5.41) is 0. The lowest BCUT2D eigenvalue weighted by atomic mass is 10.1. The quantitative estimate of drug-likeness (QED) is 0.797. The second-order valence-corrected chi connectivity index (χ2v) is 4.21. The molecule has 1 unspecified atom stereocenters. The average Bonchev–Trinajstić information content (AvgIpc) is 2.31. The topological polar surface area (TPSA) is 62.9 Å². The number of hydrogen-bond acceptors (Lipinski definition) is 5. The van der Waals surface area contributed by atoms with Crippen LogP contribution in [0.2, 0.25) is 0 Å². The fraction of sp³-hybridized carbons (Fsp3) is 0.500. The van der Waals surface area contributed by atoms with Gasteiger partial charge in [0, 0.05) is 39.8 Å². The van der Waals surface area contributed by atoms with Gasteiger partial charge in [-0.3, -0.25) is 0 Å². The van der Waals surface area contributed by atoms with Crippen LogP contribution in [0.5, 0.6) is 11.5 Å². The molecule has 5 heteroatoms. The van der Waals surface area contributed by atoms with Crippen molar-refractivity contribution in [3.05, 3.63) is 18.2 Å². The van der Waals surface area contributed by atoms with Gasteiger partial charge in [0.1, 0.15) is 0 Å². The molecule has 1 aromatic carbocycles. The van der Waals surface area contributed by atoms with E-state index in [2.05, 4.69) is 0 Å². The van der Waals surface area contributed by atoms with E-state index in [-0.39, 0.29) is 0 Å². The van der Waals surface area contributed by atoms with Gasteiger partial charge in [0.25, 0.3) is 11.6 Å². The first-order valence-corrected chi connectivity index (χ1v) is 5.32. The predicted octanol–water partition coefficient (Wildman–Crippen LogP) is 1.77. The lowest BCUT2D eigenvalue weighted by Gasteiger charge is -2.46. The molecule has 0 aliphatic carbocycles. The monoisotopic (exact) mass is 239 g/mol. The van der Waals surface area contributed by atoms with Gasteiger partial charge in [-0.15, -0.1) is 0 Å². The summed E-state index contributed by atoms with van der Waals surface area (Å²) in [6, 6.07) is 5.19. The fourth-order valence-electron chi connectivity index (χ4n) is 1.75. The zero-order valence-electron chi connectivity index (χ0n) is 10.4. The molecule has 94 valence electrons. The van der Waals surface area contributed by atoms with Gasteiger partial charge in [0.15, 0.2) is 11.5 Å². The van der Waals surface area contributed by atoms with Crippen molar-refractivity contribution in [2.24, 2.45) is 0 Å². The summed E-state index contributed by atoms with van der Waals surface area (Å²) in [6.45, 7) is 3.51. The zero-order chi connectivity index (χ0) is 12.7. The maximum atomic E-state index is 5.80. The summed E-state index contributed by atoms with van der Waals surface area (Å²) < 4.78 is 22.3.